The van der Waals surface area contributed by atoms with E-state index in [4.69, 9.17) is 24.7 Å². The summed E-state index contributed by atoms with van der Waals surface area (Å²) < 4.78 is 6.31. The molecule has 14 aromatic rings. The van der Waals surface area contributed by atoms with E-state index < -0.39 is 21.7 Å². The number of nitrogens with zero attached hydrogens (tertiary/aromatic N) is 4. The second-order valence-corrected chi connectivity index (χ2v) is 25.6. The Balaban J connectivity index is 0.963. The summed E-state index contributed by atoms with van der Waals surface area (Å²) in [5.74, 6) is 0.257. The zero-order valence-corrected chi connectivity index (χ0v) is 49.6. The second kappa shape index (κ2) is 20.2. The molecule has 0 spiro atoms. The van der Waals surface area contributed by atoms with Gasteiger partial charge in [0, 0.05) is 71.9 Å². The lowest BCUT2D eigenvalue weighted by molar-refractivity contribution is -0.134. The standard InChI is InChI=1S/C84H60N4O2/c89-76(90-59-29-5-2-6-30-59)44-46-82(65-36-16-12-32-61(65)78-69(82)48-56-26-8-20-40-73(56)86-78)52-84(67-38-18-14-34-63(67)80-71(84)50-58-28-10-22-42-75(58)88-80)53-83(66-37-17-13-33-62(66)79-70(83)49-57-27-9-21-41-74(57)87-79)51-81(45-43-54-23-3-1-4-24-54)64-35-15-11-31-60(64)77-68(81)47-55-25-7-19-39-72(55)85-77/h1-42,47-50H,43-46,51-53H2/t81-,82+,83-,84+/m1/s1. The number of fused-ring (bicyclic) bond motifs is 16. The molecule has 0 N–H and O–H groups in total. The molecule has 4 aliphatic rings. The Hall–Kier alpha value is -10.7. The van der Waals surface area contributed by atoms with Crippen LogP contribution in [0.3, 0.4) is 0 Å². The first-order valence-corrected chi connectivity index (χ1v) is 31.7. The molecule has 0 unspecified atom stereocenters. The highest BCUT2D eigenvalue weighted by molar-refractivity contribution is 5.95. The predicted molar refractivity (Wildman–Crippen MR) is 362 cm³/mol. The number of hydrogen-bond donors (Lipinski definition) is 0. The molecule has 4 aromatic heterocycles. The third kappa shape index (κ3) is 7.86. The molecule has 4 heterocycles. The molecule has 90 heavy (non-hydrogen) atoms. The zero-order chi connectivity index (χ0) is 59.6. The first-order valence-electron chi connectivity index (χ1n) is 31.7. The highest BCUT2D eigenvalue weighted by Gasteiger charge is 2.61. The van der Waals surface area contributed by atoms with Crippen LogP contribution in [0.5, 0.6) is 5.75 Å². The van der Waals surface area contributed by atoms with Crippen molar-refractivity contribution in [3.63, 3.8) is 0 Å². The fraction of sp³-hybridized carbons (Fsp3) is 0.131. The van der Waals surface area contributed by atoms with E-state index in [1.54, 1.807) is 0 Å². The molecule has 6 nitrogen and oxygen atoms in total. The first-order chi connectivity index (χ1) is 44.4. The minimum atomic E-state index is -0.837. The number of carbonyl (C=O) groups is 1. The van der Waals surface area contributed by atoms with E-state index >= 15 is 0 Å². The van der Waals surface area contributed by atoms with Crippen molar-refractivity contribution in [1.29, 1.82) is 0 Å². The summed E-state index contributed by atoms with van der Waals surface area (Å²) >= 11 is 0. The Labute approximate surface area is 522 Å². The molecular formula is C84H60N4O2. The maximum atomic E-state index is 14.9. The largest absolute Gasteiger partial charge is 0.427 e. The van der Waals surface area contributed by atoms with E-state index in [2.05, 4.69) is 249 Å². The van der Waals surface area contributed by atoms with Crippen molar-refractivity contribution in [3.8, 4) is 50.8 Å². The van der Waals surface area contributed by atoms with E-state index in [-0.39, 0.29) is 12.4 Å². The SMILES string of the molecule is O=C(CC[C@]1(C[C@]2(C[C@]3(C[C@]4(CCc5ccccc5)c5ccccc5-c5nc6ccccc6cc54)c4ccccc4-c4nc5ccccc5cc43)c3ccccc3-c3nc4ccccc4cc32)c2ccccc2-c2nc3ccccc3cc21)Oc1ccccc1. The average molecular weight is 1160 g/mol. The summed E-state index contributed by atoms with van der Waals surface area (Å²) in [6.07, 6.45) is 4.15. The topological polar surface area (TPSA) is 77.9 Å². The fourth-order valence-electron chi connectivity index (χ4n) is 17.3. The first kappa shape index (κ1) is 52.4. The molecule has 0 fully saturated rings. The summed E-state index contributed by atoms with van der Waals surface area (Å²) in [5, 5.41) is 4.37. The monoisotopic (exact) mass is 1160 g/mol. The minimum Gasteiger partial charge on any atom is -0.427 e. The Morgan fingerprint density at radius 3 is 1.00 bits per heavy atom. The number of para-hydroxylation sites is 5. The normalized spacial score (nSPS) is 19.4. The third-order valence-electron chi connectivity index (χ3n) is 21.0. The fourth-order valence-corrected chi connectivity index (χ4v) is 17.3. The number of benzene rings is 10. The molecule has 6 heteroatoms. The smallest absolute Gasteiger partial charge is 0.311 e. The molecular weight excluding hydrogens is 1100 g/mol. The number of pyridine rings is 4. The third-order valence-corrected chi connectivity index (χ3v) is 21.0. The van der Waals surface area contributed by atoms with Crippen LogP contribution in [0.1, 0.15) is 88.6 Å². The van der Waals surface area contributed by atoms with E-state index in [0.29, 0.717) is 31.4 Å². The second-order valence-electron chi connectivity index (χ2n) is 25.6. The van der Waals surface area contributed by atoms with Crippen LogP contribution in [-0.2, 0) is 32.9 Å². The predicted octanol–water partition coefficient (Wildman–Crippen LogP) is 19.2. The van der Waals surface area contributed by atoms with Gasteiger partial charge in [-0.3, -0.25) is 4.79 Å². The van der Waals surface area contributed by atoms with Gasteiger partial charge in [0.15, 0.2) is 0 Å². The van der Waals surface area contributed by atoms with Crippen LogP contribution in [0.4, 0.5) is 0 Å². The number of aryl methyl sites for hydroxylation is 1. The van der Waals surface area contributed by atoms with Gasteiger partial charge in [-0.1, -0.05) is 218 Å². The number of aromatic nitrogens is 4. The van der Waals surface area contributed by atoms with Gasteiger partial charge in [0.05, 0.1) is 44.8 Å². The van der Waals surface area contributed by atoms with Crippen LogP contribution in [0.25, 0.3) is 88.6 Å². The highest BCUT2D eigenvalue weighted by Crippen LogP contribution is 2.69. The number of rotatable bonds is 13. The Kier molecular flexibility index (Phi) is 11.8. The van der Waals surface area contributed by atoms with Crippen LogP contribution < -0.4 is 4.74 Å². The van der Waals surface area contributed by atoms with Crippen LogP contribution in [0, 0.1) is 0 Å². The highest BCUT2D eigenvalue weighted by atomic mass is 16.5. The van der Waals surface area contributed by atoms with Crippen molar-refractivity contribution in [2.24, 2.45) is 0 Å². The van der Waals surface area contributed by atoms with Gasteiger partial charge in [-0.25, -0.2) is 19.9 Å². The van der Waals surface area contributed by atoms with Gasteiger partial charge in [0.25, 0.3) is 0 Å². The van der Waals surface area contributed by atoms with E-state index in [0.717, 1.165) is 101 Å². The maximum absolute atomic E-state index is 14.9. The molecule has 0 amide bonds. The Morgan fingerprint density at radius 1 is 0.300 bits per heavy atom. The zero-order valence-electron chi connectivity index (χ0n) is 49.6. The van der Waals surface area contributed by atoms with Gasteiger partial charge in [0.2, 0.25) is 0 Å². The molecule has 10 aromatic carbocycles. The van der Waals surface area contributed by atoms with E-state index in [9.17, 15) is 4.79 Å². The lowest BCUT2D eigenvalue weighted by atomic mass is 9.52. The summed E-state index contributed by atoms with van der Waals surface area (Å²) in [6.45, 7) is 0. The number of esters is 1. The quantitative estimate of drug-likeness (QED) is 0.0846. The van der Waals surface area contributed by atoms with Gasteiger partial charge >= 0.3 is 5.97 Å². The molecule has 4 atom stereocenters. The maximum Gasteiger partial charge on any atom is 0.311 e. The van der Waals surface area contributed by atoms with Crippen LogP contribution in [0.2, 0.25) is 0 Å². The Morgan fingerprint density at radius 2 is 0.600 bits per heavy atom. The van der Waals surface area contributed by atoms with Crippen molar-refractivity contribution in [2.75, 3.05) is 0 Å². The number of hydrogen-bond acceptors (Lipinski definition) is 6. The lowest BCUT2D eigenvalue weighted by Crippen LogP contribution is -2.46. The van der Waals surface area contributed by atoms with Crippen molar-refractivity contribution in [1.82, 2.24) is 19.9 Å². The number of carbonyl (C=O) groups excluding carboxylic acids is 1. The molecule has 0 aliphatic heterocycles. The summed E-state index contributed by atoms with van der Waals surface area (Å²) in [5.41, 5.74) is 20.5. The van der Waals surface area contributed by atoms with Gasteiger partial charge in [-0.15, -0.1) is 0 Å². The van der Waals surface area contributed by atoms with Crippen molar-refractivity contribution >= 4 is 49.6 Å². The van der Waals surface area contributed by atoms with Gasteiger partial charge in [-0.2, -0.15) is 0 Å². The summed E-state index contributed by atoms with van der Waals surface area (Å²) in [6, 6.07) is 101. The van der Waals surface area contributed by atoms with Gasteiger partial charge in [-0.05, 0) is 149 Å². The van der Waals surface area contributed by atoms with Crippen molar-refractivity contribution in [2.45, 2.75) is 66.6 Å². The summed E-state index contributed by atoms with van der Waals surface area (Å²) in [4.78, 5) is 38.0. The van der Waals surface area contributed by atoms with E-state index in [1.165, 1.54) is 50.1 Å². The molecule has 428 valence electrons. The number of ether oxygens (including phenoxy) is 1. The minimum absolute atomic E-state index is 0.153. The van der Waals surface area contributed by atoms with Gasteiger partial charge < -0.3 is 4.74 Å². The average Bonchev–Trinajstić information content (AvgIpc) is 1.51. The molecule has 0 saturated heterocycles. The van der Waals surface area contributed by atoms with Crippen molar-refractivity contribution < 1.29 is 9.53 Å². The van der Waals surface area contributed by atoms with Gasteiger partial charge in [0.1, 0.15) is 5.75 Å². The summed E-state index contributed by atoms with van der Waals surface area (Å²) in [7, 11) is 0. The molecule has 0 radical (unpaired) electrons. The molecule has 0 bridgehead atoms. The Bertz CT molecular complexity index is 5280. The molecule has 0 saturated carbocycles. The van der Waals surface area contributed by atoms with Crippen LogP contribution >= 0.6 is 0 Å². The molecule has 18 rings (SSSR count). The lowest BCUT2D eigenvalue weighted by Gasteiger charge is -2.50. The van der Waals surface area contributed by atoms with Crippen LogP contribution in [-0.4, -0.2) is 25.9 Å². The molecule has 4 aliphatic carbocycles. The van der Waals surface area contributed by atoms with Crippen molar-refractivity contribution in [3.05, 3.63) is 329 Å². The van der Waals surface area contributed by atoms with Crippen LogP contribution in [0.15, 0.2) is 279 Å². The van der Waals surface area contributed by atoms with E-state index in [1.807, 2.05) is 30.3 Å².